The normalized spacial score (nSPS) is 11.8. The molecule has 0 aromatic carbocycles. The molecule has 3 nitrogen and oxygen atoms in total. The van der Waals surface area contributed by atoms with E-state index in [-0.39, 0.29) is 0 Å². The Morgan fingerprint density at radius 1 is 1.41 bits per heavy atom. The molecule has 0 fully saturated rings. The van der Waals surface area contributed by atoms with Crippen LogP contribution in [0.5, 0.6) is 0 Å². The molecule has 0 bridgehead atoms. The molecule has 0 spiro atoms. The van der Waals surface area contributed by atoms with E-state index in [1.54, 1.807) is 0 Å². The van der Waals surface area contributed by atoms with Crippen LogP contribution in [0.1, 0.15) is 32.2 Å². The van der Waals surface area contributed by atoms with Crippen LogP contribution in [0.3, 0.4) is 0 Å². The van der Waals surface area contributed by atoms with Crippen molar-refractivity contribution < 1.29 is 0 Å². The van der Waals surface area contributed by atoms with E-state index in [0.717, 1.165) is 35.1 Å². The first-order chi connectivity index (χ1) is 8.01. The largest absolute Gasteiger partial charge is 0.294 e. The Labute approximate surface area is 121 Å². The van der Waals surface area contributed by atoms with Crippen LogP contribution in [-0.2, 0) is 13.1 Å². The summed E-state index contributed by atoms with van der Waals surface area (Å²) in [6.07, 6.45) is 0. The van der Waals surface area contributed by atoms with Crippen molar-refractivity contribution in [1.82, 2.24) is 14.7 Å². The van der Waals surface area contributed by atoms with Crippen molar-refractivity contribution in [3.63, 3.8) is 0 Å². The van der Waals surface area contributed by atoms with Gasteiger partial charge in [-0.15, -0.1) is 0 Å². The van der Waals surface area contributed by atoms with Crippen molar-refractivity contribution in [2.24, 2.45) is 0 Å². The average Bonchev–Trinajstić information content (AvgIpc) is 2.55. The third kappa shape index (κ3) is 3.80. The van der Waals surface area contributed by atoms with Crippen LogP contribution in [0.4, 0.5) is 0 Å². The predicted octanol–water partition coefficient (Wildman–Crippen LogP) is 3.58. The molecule has 0 N–H and O–H groups in total. The van der Waals surface area contributed by atoms with E-state index in [1.165, 1.54) is 5.69 Å². The molecule has 0 unspecified atom stereocenters. The maximum absolute atomic E-state index is 4.53. The second-order valence-corrected chi connectivity index (χ2v) is 6.00. The first-order valence-electron chi connectivity index (χ1n) is 6.03. The molecule has 5 heteroatoms. The summed E-state index contributed by atoms with van der Waals surface area (Å²) >= 11 is 7.16. The zero-order valence-corrected chi connectivity index (χ0v) is 14.2. The van der Waals surface area contributed by atoms with Crippen molar-refractivity contribution in [2.75, 3.05) is 11.9 Å². The zero-order valence-electron chi connectivity index (χ0n) is 11.0. The van der Waals surface area contributed by atoms with Gasteiger partial charge in [0.15, 0.2) is 0 Å². The number of aryl methyl sites for hydroxylation is 2. The Bertz CT molecular complexity index is 361. The smallest absolute Gasteiger partial charge is 0.0739 e. The highest BCUT2D eigenvalue weighted by atomic mass is 79.9. The van der Waals surface area contributed by atoms with Gasteiger partial charge in [0.2, 0.25) is 0 Å². The van der Waals surface area contributed by atoms with E-state index in [4.69, 9.17) is 0 Å². The molecule has 98 valence electrons. The van der Waals surface area contributed by atoms with Gasteiger partial charge in [0.1, 0.15) is 0 Å². The highest BCUT2D eigenvalue weighted by Crippen LogP contribution is 2.23. The van der Waals surface area contributed by atoms with Gasteiger partial charge < -0.3 is 0 Å². The SMILES string of the molecule is CCn1nc(C)c(Br)c1CN(CCBr)C(C)C. The lowest BCUT2D eigenvalue weighted by Crippen LogP contribution is -2.33. The molecule has 0 aliphatic carbocycles. The van der Waals surface area contributed by atoms with Gasteiger partial charge in [-0.25, -0.2) is 0 Å². The van der Waals surface area contributed by atoms with Crippen LogP contribution in [0.25, 0.3) is 0 Å². The summed E-state index contributed by atoms with van der Waals surface area (Å²) < 4.78 is 3.24. The minimum atomic E-state index is 0.542. The molecule has 0 atom stereocenters. The standard InChI is InChI=1S/C12H21Br2N3/c1-5-17-11(12(14)10(4)15-17)8-16(7-6-13)9(2)3/h9H,5-8H2,1-4H3. The second kappa shape index (κ2) is 6.90. The lowest BCUT2D eigenvalue weighted by molar-refractivity contribution is 0.220. The maximum Gasteiger partial charge on any atom is 0.0739 e. The number of hydrogen-bond donors (Lipinski definition) is 0. The van der Waals surface area contributed by atoms with E-state index in [2.05, 4.69) is 67.3 Å². The van der Waals surface area contributed by atoms with Crippen LogP contribution >= 0.6 is 31.9 Å². The van der Waals surface area contributed by atoms with Crippen molar-refractivity contribution in [2.45, 2.75) is 46.8 Å². The molecule has 0 saturated carbocycles. The molecule has 1 aromatic rings. The summed E-state index contributed by atoms with van der Waals surface area (Å²) in [7, 11) is 0. The molecule has 17 heavy (non-hydrogen) atoms. The summed E-state index contributed by atoms with van der Waals surface area (Å²) in [5.74, 6) is 0. The van der Waals surface area contributed by atoms with E-state index >= 15 is 0 Å². The van der Waals surface area contributed by atoms with Gasteiger partial charge in [-0.05, 0) is 43.6 Å². The molecule has 0 radical (unpaired) electrons. The lowest BCUT2D eigenvalue weighted by atomic mass is 10.2. The van der Waals surface area contributed by atoms with Crippen molar-refractivity contribution in [1.29, 1.82) is 0 Å². The van der Waals surface area contributed by atoms with Gasteiger partial charge in [-0.1, -0.05) is 15.9 Å². The van der Waals surface area contributed by atoms with E-state index in [1.807, 2.05) is 6.92 Å². The summed E-state index contributed by atoms with van der Waals surface area (Å²) in [5, 5.41) is 5.53. The number of alkyl halides is 1. The minimum Gasteiger partial charge on any atom is -0.294 e. The highest BCUT2D eigenvalue weighted by Gasteiger charge is 2.17. The van der Waals surface area contributed by atoms with Gasteiger partial charge in [-0.2, -0.15) is 5.10 Å². The fourth-order valence-corrected chi connectivity index (χ4v) is 2.71. The van der Waals surface area contributed by atoms with Crippen LogP contribution < -0.4 is 0 Å². The topological polar surface area (TPSA) is 21.1 Å². The monoisotopic (exact) mass is 365 g/mol. The van der Waals surface area contributed by atoms with Gasteiger partial charge in [0, 0.05) is 31.0 Å². The zero-order chi connectivity index (χ0) is 13.0. The molecule has 0 aliphatic heterocycles. The average molecular weight is 367 g/mol. The summed E-state index contributed by atoms with van der Waals surface area (Å²) in [4.78, 5) is 2.45. The van der Waals surface area contributed by atoms with Gasteiger partial charge in [0.05, 0.1) is 15.9 Å². The minimum absolute atomic E-state index is 0.542. The maximum atomic E-state index is 4.53. The quantitative estimate of drug-likeness (QED) is 0.717. The van der Waals surface area contributed by atoms with Crippen molar-refractivity contribution >= 4 is 31.9 Å². The fourth-order valence-electron chi connectivity index (χ4n) is 1.84. The number of rotatable bonds is 6. The first kappa shape index (κ1) is 15.2. The van der Waals surface area contributed by atoms with Crippen molar-refractivity contribution in [3.8, 4) is 0 Å². The molecular formula is C12H21Br2N3. The third-order valence-corrected chi connectivity index (χ3v) is 4.29. The molecule has 1 rings (SSSR count). The summed E-state index contributed by atoms with van der Waals surface area (Å²) in [6.45, 7) is 11.6. The van der Waals surface area contributed by atoms with Crippen LogP contribution in [-0.4, -0.2) is 32.6 Å². The Morgan fingerprint density at radius 2 is 2.06 bits per heavy atom. The van der Waals surface area contributed by atoms with Crippen LogP contribution in [0.15, 0.2) is 4.47 Å². The van der Waals surface area contributed by atoms with Crippen molar-refractivity contribution in [3.05, 3.63) is 15.9 Å². The number of hydrogen-bond acceptors (Lipinski definition) is 2. The predicted molar refractivity (Wildman–Crippen MR) is 79.7 cm³/mol. The number of halogens is 2. The fraction of sp³-hybridized carbons (Fsp3) is 0.750. The second-order valence-electron chi connectivity index (χ2n) is 4.42. The van der Waals surface area contributed by atoms with Gasteiger partial charge in [-0.3, -0.25) is 9.58 Å². The number of aromatic nitrogens is 2. The van der Waals surface area contributed by atoms with Crippen LogP contribution in [0.2, 0.25) is 0 Å². The Balaban J connectivity index is 2.91. The molecule has 0 aliphatic rings. The highest BCUT2D eigenvalue weighted by molar-refractivity contribution is 9.10. The van der Waals surface area contributed by atoms with Crippen LogP contribution in [0, 0.1) is 6.92 Å². The lowest BCUT2D eigenvalue weighted by Gasteiger charge is -2.26. The van der Waals surface area contributed by atoms with Gasteiger partial charge >= 0.3 is 0 Å². The third-order valence-electron chi connectivity index (χ3n) is 2.91. The molecule has 0 saturated heterocycles. The van der Waals surface area contributed by atoms with E-state index < -0.39 is 0 Å². The molecule has 1 heterocycles. The van der Waals surface area contributed by atoms with E-state index in [0.29, 0.717) is 6.04 Å². The Hall–Kier alpha value is 0.130. The molecular weight excluding hydrogens is 346 g/mol. The summed E-state index contributed by atoms with van der Waals surface area (Å²) in [6, 6.07) is 0.542. The molecule has 0 amide bonds. The number of nitrogens with zero attached hydrogens (tertiary/aromatic N) is 3. The van der Waals surface area contributed by atoms with Gasteiger partial charge in [0.25, 0.3) is 0 Å². The molecule has 1 aromatic heterocycles. The summed E-state index contributed by atoms with van der Waals surface area (Å²) in [5.41, 5.74) is 2.35. The first-order valence-corrected chi connectivity index (χ1v) is 7.94. The Kier molecular flexibility index (Phi) is 6.17. The Morgan fingerprint density at radius 3 is 2.53 bits per heavy atom. The van der Waals surface area contributed by atoms with E-state index in [9.17, 15) is 0 Å².